The van der Waals surface area contributed by atoms with Crippen LogP contribution in [0.5, 0.6) is 0 Å². The molecule has 1 aliphatic heterocycles. The number of benzene rings is 1. The van der Waals surface area contributed by atoms with Gasteiger partial charge in [-0.05, 0) is 24.6 Å². The highest BCUT2D eigenvalue weighted by Crippen LogP contribution is 2.28. The zero-order chi connectivity index (χ0) is 16.2. The third kappa shape index (κ3) is 3.89. The summed E-state index contributed by atoms with van der Waals surface area (Å²) < 4.78 is 0. The first-order valence-electron chi connectivity index (χ1n) is 8.00. The van der Waals surface area contributed by atoms with E-state index in [4.69, 9.17) is 5.73 Å². The van der Waals surface area contributed by atoms with Crippen molar-refractivity contribution in [3.63, 3.8) is 0 Å². The summed E-state index contributed by atoms with van der Waals surface area (Å²) in [4.78, 5) is 20.4. The summed E-state index contributed by atoms with van der Waals surface area (Å²) >= 11 is 1.60. The zero-order valence-electron chi connectivity index (χ0n) is 13.3. The van der Waals surface area contributed by atoms with Crippen LogP contribution in [0.15, 0.2) is 24.3 Å². The zero-order valence-corrected chi connectivity index (χ0v) is 14.2. The van der Waals surface area contributed by atoms with Gasteiger partial charge in [0.2, 0.25) is 5.91 Å². The van der Waals surface area contributed by atoms with Crippen molar-refractivity contribution in [2.75, 3.05) is 24.1 Å². The summed E-state index contributed by atoms with van der Waals surface area (Å²) in [7, 11) is 0. The SMILES string of the molecule is CCN1CCc2nc(NC(=O)CCc3ccccc3N)sc2C1. The van der Waals surface area contributed by atoms with Gasteiger partial charge in [-0.3, -0.25) is 9.69 Å². The third-order valence-corrected chi connectivity index (χ3v) is 5.18. The van der Waals surface area contributed by atoms with E-state index in [2.05, 4.69) is 22.1 Å². The van der Waals surface area contributed by atoms with Gasteiger partial charge in [0.15, 0.2) is 5.13 Å². The lowest BCUT2D eigenvalue weighted by Crippen LogP contribution is -2.29. The minimum atomic E-state index is -0.00769. The average Bonchev–Trinajstić information content (AvgIpc) is 2.95. The molecule has 6 heteroatoms. The number of aromatic nitrogens is 1. The predicted octanol–water partition coefficient (Wildman–Crippen LogP) is 2.67. The summed E-state index contributed by atoms with van der Waals surface area (Å²) in [6.45, 7) is 5.22. The molecule has 0 bridgehead atoms. The molecule has 0 unspecified atom stereocenters. The van der Waals surface area contributed by atoms with E-state index in [1.54, 1.807) is 11.3 Å². The van der Waals surface area contributed by atoms with E-state index >= 15 is 0 Å². The maximum Gasteiger partial charge on any atom is 0.226 e. The number of fused-ring (bicyclic) bond motifs is 1. The van der Waals surface area contributed by atoms with Crippen molar-refractivity contribution in [2.24, 2.45) is 0 Å². The van der Waals surface area contributed by atoms with Crippen LogP contribution in [-0.4, -0.2) is 28.9 Å². The number of nitrogen functional groups attached to an aromatic ring is 1. The Morgan fingerprint density at radius 3 is 3.04 bits per heavy atom. The number of nitrogens with one attached hydrogen (secondary N) is 1. The smallest absolute Gasteiger partial charge is 0.226 e. The molecule has 23 heavy (non-hydrogen) atoms. The number of thiazole rings is 1. The van der Waals surface area contributed by atoms with Gasteiger partial charge in [0.05, 0.1) is 5.69 Å². The molecule has 0 aliphatic carbocycles. The Kier molecular flexibility index (Phi) is 4.93. The fourth-order valence-electron chi connectivity index (χ4n) is 2.76. The Hall–Kier alpha value is -1.92. The van der Waals surface area contributed by atoms with Crippen LogP contribution in [0, 0.1) is 0 Å². The van der Waals surface area contributed by atoms with Gasteiger partial charge in [0.25, 0.3) is 0 Å². The van der Waals surface area contributed by atoms with Crippen molar-refractivity contribution in [1.82, 2.24) is 9.88 Å². The normalized spacial score (nSPS) is 14.5. The number of para-hydroxylation sites is 1. The average molecular weight is 330 g/mol. The number of nitrogens with zero attached hydrogens (tertiary/aromatic N) is 2. The number of likely N-dealkylation sites (N-methyl/N-ethyl adjacent to an activating group) is 1. The molecule has 0 fully saturated rings. The molecule has 0 saturated heterocycles. The number of aryl methyl sites for hydroxylation is 1. The van der Waals surface area contributed by atoms with E-state index in [1.807, 2.05) is 24.3 Å². The summed E-state index contributed by atoms with van der Waals surface area (Å²) in [5, 5.41) is 3.65. The number of carbonyl (C=O) groups is 1. The van der Waals surface area contributed by atoms with Gasteiger partial charge >= 0.3 is 0 Å². The van der Waals surface area contributed by atoms with Gasteiger partial charge in [0.1, 0.15) is 0 Å². The molecule has 1 aliphatic rings. The van der Waals surface area contributed by atoms with Crippen LogP contribution < -0.4 is 11.1 Å². The quantitative estimate of drug-likeness (QED) is 0.827. The molecular formula is C17H22N4OS. The Morgan fingerprint density at radius 2 is 2.26 bits per heavy atom. The van der Waals surface area contributed by atoms with Gasteiger partial charge in [-0.1, -0.05) is 25.1 Å². The number of nitrogens with two attached hydrogens (primary N) is 1. The molecule has 1 aromatic heterocycles. The Labute approximate surface area is 140 Å². The maximum absolute atomic E-state index is 12.1. The van der Waals surface area contributed by atoms with Crippen LogP contribution in [0.4, 0.5) is 10.8 Å². The lowest BCUT2D eigenvalue weighted by molar-refractivity contribution is -0.116. The third-order valence-electron chi connectivity index (χ3n) is 4.18. The molecule has 2 heterocycles. The first-order valence-corrected chi connectivity index (χ1v) is 8.81. The minimum Gasteiger partial charge on any atom is -0.399 e. The first-order chi connectivity index (χ1) is 11.2. The summed E-state index contributed by atoms with van der Waals surface area (Å²) in [6.07, 6.45) is 2.03. The number of carbonyl (C=O) groups excluding carboxylic acids is 1. The number of hydrogen-bond acceptors (Lipinski definition) is 5. The van der Waals surface area contributed by atoms with Gasteiger partial charge in [-0.25, -0.2) is 4.98 Å². The van der Waals surface area contributed by atoms with Crippen molar-refractivity contribution >= 4 is 28.1 Å². The van der Waals surface area contributed by atoms with Crippen molar-refractivity contribution in [2.45, 2.75) is 32.7 Å². The van der Waals surface area contributed by atoms with Gasteiger partial charge in [-0.15, -0.1) is 11.3 Å². The Bertz CT molecular complexity index is 698. The number of amides is 1. The van der Waals surface area contributed by atoms with E-state index < -0.39 is 0 Å². The van der Waals surface area contributed by atoms with Crippen molar-refractivity contribution < 1.29 is 4.79 Å². The molecule has 0 saturated carbocycles. The lowest BCUT2D eigenvalue weighted by atomic mass is 10.1. The highest BCUT2D eigenvalue weighted by molar-refractivity contribution is 7.15. The summed E-state index contributed by atoms with van der Waals surface area (Å²) in [6, 6.07) is 7.67. The van der Waals surface area contributed by atoms with Crippen molar-refractivity contribution in [3.05, 3.63) is 40.4 Å². The van der Waals surface area contributed by atoms with Crippen LogP contribution >= 0.6 is 11.3 Å². The predicted molar refractivity (Wildman–Crippen MR) is 94.6 cm³/mol. The van der Waals surface area contributed by atoms with Crippen LogP contribution in [0.3, 0.4) is 0 Å². The second-order valence-corrected chi connectivity index (χ2v) is 6.84. The van der Waals surface area contributed by atoms with E-state index in [-0.39, 0.29) is 5.91 Å². The molecule has 5 nitrogen and oxygen atoms in total. The molecular weight excluding hydrogens is 308 g/mol. The maximum atomic E-state index is 12.1. The topological polar surface area (TPSA) is 71.2 Å². The van der Waals surface area contributed by atoms with E-state index in [9.17, 15) is 4.79 Å². The fraction of sp³-hybridized carbons (Fsp3) is 0.412. The largest absolute Gasteiger partial charge is 0.399 e. The second-order valence-electron chi connectivity index (χ2n) is 5.75. The molecule has 122 valence electrons. The van der Waals surface area contributed by atoms with Gasteiger partial charge in [-0.2, -0.15) is 0 Å². The second kappa shape index (κ2) is 7.10. The van der Waals surface area contributed by atoms with Crippen LogP contribution in [0.2, 0.25) is 0 Å². The first kappa shape index (κ1) is 16.0. The minimum absolute atomic E-state index is 0.00769. The number of anilines is 2. The van der Waals surface area contributed by atoms with E-state index in [0.717, 1.165) is 48.1 Å². The number of hydrogen-bond donors (Lipinski definition) is 2. The van der Waals surface area contributed by atoms with Crippen LogP contribution in [0.25, 0.3) is 0 Å². The monoisotopic (exact) mass is 330 g/mol. The highest BCUT2D eigenvalue weighted by Gasteiger charge is 2.20. The molecule has 0 spiro atoms. The lowest BCUT2D eigenvalue weighted by Gasteiger charge is -2.23. The van der Waals surface area contributed by atoms with Gasteiger partial charge in [0, 0.05) is 36.5 Å². The van der Waals surface area contributed by atoms with E-state index in [0.29, 0.717) is 12.8 Å². The van der Waals surface area contributed by atoms with Gasteiger partial charge < -0.3 is 11.1 Å². The molecule has 3 N–H and O–H groups in total. The molecule has 1 aromatic carbocycles. The Morgan fingerprint density at radius 1 is 1.43 bits per heavy atom. The fourth-order valence-corrected chi connectivity index (χ4v) is 3.83. The summed E-state index contributed by atoms with van der Waals surface area (Å²) in [5.41, 5.74) is 8.80. The highest BCUT2D eigenvalue weighted by atomic mass is 32.1. The number of rotatable bonds is 5. The van der Waals surface area contributed by atoms with Crippen LogP contribution in [-0.2, 0) is 24.2 Å². The molecule has 0 atom stereocenters. The standard InChI is InChI=1S/C17H22N4OS/c1-2-21-10-9-14-15(11-21)23-17(19-14)20-16(22)8-7-12-5-3-4-6-13(12)18/h3-6H,2,7-11,18H2,1H3,(H,19,20,22). The Balaban J connectivity index is 1.56. The molecule has 1 amide bonds. The van der Waals surface area contributed by atoms with Crippen LogP contribution in [0.1, 0.15) is 29.5 Å². The molecule has 0 radical (unpaired) electrons. The molecule has 3 rings (SSSR count). The van der Waals surface area contributed by atoms with Crippen molar-refractivity contribution in [1.29, 1.82) is 0 Å². The van der Waals surface area contributed by atoms with Crippen molar-refractivity contribution in [3.8, 4) is 0 Å². The van der Waals surface area contributed by atoms with E-state index in [1.165, 1.54) is 4.88 Å². The summed E-state index contributed by atoms with van der Waals surface area (Å²) in [5.74, 6) is -0.00769. The molecule has 2 aromatic rings.